The number of rotatable bonds is 9. The van der Waals surface area contributed by atoms with Crippen LogP contribution in [0.15, 0.2) is 42.9 Å². The Bertz CT molecular complexity index is 1580. The van der Waals surface area contributed by atoms with Gasteiger partial charge in [0.2, 0.25) is 11.8 Å². The first-order valence-corrected chi connectivity index (χ1v) is 14.2. The zero-order valence-corrected chi connectivity index (χ0v) is 24.4. The molecule has 0 radical (unpaired) electrons. The molecule has 14 heteroatoms. The first-order valence-electron chi connectivity index (χ1n) is 13.0. The van der Waals surface area contributed by atoms with Gasteiger partial charge < -0.3 is 29.5 Å². The molecule has 41 heavy (non-hydrogen) atoms. The second kappa shape index (κ2) is 12.0. The number of hydrogen-bond donors (Lipinski definition) is 2. The van der Waals surface area contributed by atoms with E-state index in [2.05, 4.69) is 47.4 Å². The number of aryl methyl sites for hydroxylation is 1. The molecule has 0 amide bonds. The van der Waals surface area contributed by atoms with Gasteiger partial charge in [-0.05, 0) is 37.7 Å². The number of benzene rings is 2. The number of nitrogens with one attached hydrogen (secondary N) is 2. The quantitative estimate of drug-likeness (QED) is 0.163. The highest BCUT2D eigenvalue weighted by molar-refractivity contribution is 7.99. The van der Waals surface area contributed by atoms with Crippen LogP contribution in [0.5, 0.6) is 5.75 Å². The highest BCUT2D eigenvalue weighted by Crippen LogP contribution is 2.39. The first-order chi connectivity index (χ1) is 19.8. The van der Waals surface area contributed by atoms with E-state index in [4.69, 9.17) is 4.74 Å². The zero-order chi connectivity index (χ0) is 29.1. The summed E-state index contributed by atoms with van der Waals surface area (Å²) in [6.07, 6.45) is 6.36. The van der Waals surface area contributed by atoms with Gasteiger partial charge in [0.1, 0.15) is 17.5 Å². The lowest BCUT2D eigenvalue weighted by molar-refractivity contribution is -0.384. The van der Waals surface area contributed by atoms with Crippen molar-refractivity contribution in [1.82, 2.24) is 24.8 Å². The predicted octanol–water partition coefficient (Wildman–Crippen LogP) is 4.60. The standard InChI is InChI=1S/C27H32N10O3S/c1-17-14-20(23(40-4)15-21(17)36-12-10-34(2)11-13-36)32-27-30-16-22(37(38)39)26(33-27)31-19-7-6-18-24(29-9-8-28-18)25(19)35(3)41-5/h6-9,14-16H,10-13H2,1-5H3,(H2,30,31,32,33). The van der Waals surface area contributed by atoms with Gasteiger partial charge in [0, 0.05) is 63.6 Å². The van der Waals surface area contributed by atoms with Crippen molar-refractivity contribution in [1.29, 1.82) is 0 Å². The van der Waals surface area contributed by atoms with Crippen LogP contribution in [0.25, 0.3) is 11.0 Å². The number of piperazine rings is 1. The van der Waals surface area contributed by atoms with Crippen LogP contribution in [-0.2, 0) is 0 Å². The minimum Gasteiger partial charge on any atom is -0.494 e. The van der Waals surface area contributed by atoms with Crippen LogP contribution >= 0.6 is 11.9 Å². The van der Waals surface area contributed by atoms with Crippen molar-refractivity contribution in [2.24, 2.45) is 0 Å². The summed E-state index contributed by atoms with van der Waals surface area (Å²) < 4.78 is 7.63. The summed E-state index contributed by atoms with van der Waals surface area (Å²) in [7, 11) is 5.63. The Labute approximate surface area is 242 Å². The molecule has 0 unspecified atom stereocenters. The number of likely N-dealkylation sites (N-methyl/N-ethyl adjacent to an activating group) is 1. The third kappa shape index (κ3) is 5.88. The molecule has 0 bridgehead atoms. The SMILES string of the molecule is COc1cc(N2CCN(C)CC2)c(C)cc1Nc1ncc([N+](=O)[O-])c(Nc2ccc3nccnc3c2N(C)SC)n1. The summed E-state index contributed by atoms with van der Waals surface area (Å²) in [4.78, 5) is 33.7. The number of anilines is 6. The van der Waals surface area contributed by atoms with Crippen LogP contribution in [0.2, 0.25) is 0 Å². The Kier molecular flexibility index (Phi) is 8.21. The fourth-order valence-electron chi connectivity index (χ4n) is 4.77. The Morgan fingerprint density at radius 1 is 1.07 bits per heavy atom. The molecule has 0 atom stereocenters. The second-order valence-corrected chi connectivity index (χ2v) is 10.5. The van der Waals surface area contributed by atoms with E-state index in [-0.39, 0.29) is 17.5 Å². The third-order valence-corrected chi connectivity index (χ3v) is 7.76. The molecule has 2 aromatic heterocycles. The van der Waals surface area contributed by atoms with Gasteiger partial charge in [-0.3, -0.25) is 20.1 Å². The van der Waals surface area contributed by atoms with E-state index in [9.17, 15) is 10.1 Å². The number of nitrogens with zero attached hydrogens (tertiary/aromatic N) is 8. The van der Waals surface area contributed by atoms with Gasteiger partial charge in [0.05, 0.1) is 34.6 Å². The molecule has 2 N–H and O–H groups in total. The molecule has 0 aliphatic carbocycles. The molecular formula is C27H32N10O3S. The number of aromatic nitrogens is 4. The van der Waals surface area contributed by atoms with E-state index in [1.54, 1.807) is 19.5 Å². The second-order valence-electron chi connectivity index (χ2n) is 9.63. The van der Waals surface area contributed by atoms with Crippen LogP contribution in [0.4, 0.5) is 40.2 Å². The summed E-state index contributed by atoms with van der Waals surface area (Å²) in [5.41, 5.74) is 5.25. The Morgan fingerprint density at radius 3 is 2.54 bits per heavy atom. The monoisotopic (exact) mass is 576 g/mol. The zero-order valence-electron chi connectivity index (χ0n) is 23.6. The van der Waals surface area contributed by atoms with Crippen LogP contribution < -0.4 is 24.6 Å². The number of fused-ring (bicyclic) bond motifs is 1. The van der Waals surface area contributed by atoms with Gasteiger partial charge in [0.15, 0.2) is 0 Å². The van der Waals surface area contributed by atoms with Crippen molar-refractivity contribution in [3.63, 3.8) is 0 Å². The Hall–Kier alpha value is -4.43. The lowest BCUT2D eigenvalue weighted by atomic mass is 10.1. The van der Waals surface area contributed by atoms with Crippen LogP contribution in [0.3, 0.4) is 0 Å². The van der Waals surface area contributed by atoms with E-state index in [1.807, 2.05) is 48.8 Å². The van der Waals surface area contributed by atoms with Crippen LogP contribution in [0.1, 0.15) is 5.56 Å². The van der Waals surface area contributed by atoms with Gasteiger partial charge in [-0.1, -0.05) is 11.9 Å². The molecule has 1 saturated heterocycles. The number of ether oxygens (including phenoxy) is 1. The van der Waals surface area contributed by atoms with Gasteiger partial charge in [-0.25, -0.2) is 4.98 Å². The van der Waals surface area contributed by atoms with Gasteiger partial charge in [-0.2, -0.15) is 4.98 Å². The van der Waals surface area contributed by atoms with E-state index in [1.165, 1.54) is 18.1 Å². The third-order valence-electron chi connectivity index (χ3n) is 7.03. The lowest BCUT2D eigenvalue weighted by Crippen LogP contribution is -2.44. The fourth-order valence-corrected chi connectivity index (χ4v) is 5.14. The lowest BCUT2D eigenvalue weighted by Gasteiger charge is -2.35. The van der Waals surface area contributed by atoms with E-state index in [0.29, 0.717) is 28.2 Å². The molecule has 3 heterocycles. The summed E-state index contributed by atoms with van der Waals surface area (Å²) in [6, 6.07) is 7.61. The predicted molar refractivity (Wildman–Crippen MR) is 164 cm³/mol. The number of hydrogen-bond acceptors (Lipinski definition) is 13. The number of methoxy groups -OCH3 is 1. The summed E-state index contributed by atoms with van der Waals surface area (Å²) in [5.74, 6) is 0.845. The van der Waals surface area contributed by atoms with Crippen molar-refractivity contribution in [2.45, 2.75) is 6.92 Å². The maximum Gasteiger partial charge on any atom is 0.329 e. The van der Waals surface area contributed by atoms with Gasteiger partial charge in [0.25, 0.3) is 0 Å². The molecule has 214 valence electrons. The summed E-state index contributed by atoms with van der Waals surface area (Å²) >= 11 is 1.48. The van der Waals surface area contributed by atoms with Crippen molar-refractivity contribution in [3.05, 3.63) is 58.5 Å². The average Bonchev–Trinajstić information content (AvgIpc) is 2.97. The first kappa shape index (κ1) is 28.1. The molecule has 1 aliphatic heterocycles. The van der Waals surface area contributed by atoms with E-state index in [0.717, 1.165) is 43.1 Å². The molecule has 0 saturated carbocycles. The highest BCUT2D eigenvalue weighted by atomic mass is 32.2. The van der Waals surface area contributed by atoms with Crippen LogP contribution in [0, 0.1) is 17.0 Å². The summed E-state index contributed by atoms with van der Waals surface area (Å²) in [5, 5.41) is 18.3. The van der Waals surface area contributed by atoms with Crippen molar-refractivity contribution in [3.8, 4) is 5.75 Å². The van der Waals surface area contributed by atoms with Crippen molar-refractivity contribution >= 4 is 63.2 Å². The maximum atomic E-state index is 11.9. The molecule has 13 nitrogen and oxygen atoms in total. The minimum absolute atomic E-state index is 0.0382. The topological polar surface area (TPSA) is 138 Å². The molecule has 4 aromatic rings. The van der Waals surface area contributed by atoms with Crippen molar-refractivity contribution < 1.29 is 9.66 Å². The largest absolute Gasteiger partial charge is 0.494 e. The normalized spacial score (nSPS) is 13.7. The van der Waals surface area contributed by atoms with Crippen LogP contribution in [-0.4, -0.2) is 83.4 Å². The number of nitro groups is 1. The maximum absolute atomic E-state index is 11.9. The van der Waals surface area contributed by atoms with E-state index >= 15 is 0 Å². The molecule has 5 rings (SSSR count). The molecular weight excluding hydrogens is 544 g/mol. The Morgan fingerprint density at radius 2 is 1.83 bits per heavy atom. The molecule has 0 spiro atoms. The summed E-state index contributed by atoms with van der Waals surface area (Å²) in [6.45, 7) is 5.90. The molecule has 1 aliphatic rings. The minimum atomic E-state index is -0.513. The van der Waals surface area contributed by atoms with Crippen molar-refractivity contribution in [2.75, 3.05) is 73.5 Å². The van der Waals surface area contributed by atoms with Gasteiger partial charge in [-0.15, -0.1) is 0 Å². The smallest absolute Gasteiger partial charge is 0.329 e. The highest BCUT2D eigenvalue weighted by Gasteiger charge is 2.23. The molecule has 2 aromatic carbocycles. The average molecular weight is 577 g/mol. The van der Waals surface area contributed by atoms with E-state index < -0.39 is 4.92 Å². The fraction of sp³-hybridized carbons (Fsp3) is 0.333. The molecule has 1 fully saturated rings. The Balaban J connectivity index is 1.49. The van der Waals surface area contributed by atoms with Gasteiger partial charge >= 0.3 is 5.69 Å².